The summed E-state index contributed by atoms with van der Waals surface area (Å²) in [5.74, 6) is -6.01. The largest absolute Gasteiger partial charge is 0.469 e. The average molecular weight is 1110 g/mol. The summed E-state index contributed by atoms with van der Waals surface area (Å²) in [6, 6.07) is 0. The molecule has 0 saturated carbocycles. The minimum absolute atomic E-state index is 0.127. The molecule has 0 fully saturated rings. The standard InChI is InChI=1S/4C11H11N5O4/c1-11(2,15-20)8(18)7(17)4-16-9-6(3-14-16)10(19)13-5-12-9;1-11(2,16-19)8(18)7(17)4-20-10-6-3-14-15-9(6)12-5-13-10;1-6(17)11(2,15-20)8(18)4-16-9-7(3-14-16)10(19)13-5-12-9;1-6(17)11(2,16-19)8(18)4-20-10-7-3-14-15-9(7)12-5-13-10/h3,5H,4H2,1-2H3,(H,12,13,19);3,5H,4H2,1-2H3,(H,12,13,14,15);3,5H,4H2,1-2H3,(H,12,13,19);3,5H,4H2,1-2H3,(H,12,13,14,15). The molecule has 0 amide bonds. The molecule has 2 atom stereocenters. The van der Waals surface area contributed by atoms with Gasteiger partial charge in [-0.1, -0.05) is 10.4 Å². The molecule has 0 radical (unpaired) electrons. The Morgan fingerprint density at radius 2 is 0.925 bits per heavy atom. The number of hydrogen-bond donors (Lipinski definition) is 4. The molecule has 36 nitrogen and oxygen atoms in total. The maximum absolute atomic E-state index is 12.0. The van der Waals surface area contributed by atoms with Crippen molar-refractivity contribution in [1.82, 2.24) is 79.8 Å². The lowest BCUT2D eigenvalue weighted by Crippen LogP contribution is -2.43. The highest BCUT2D eigenvalue weighted by atomic mass is 16.5. The first-order chi connectivity index (χ1) is 37.7. The van der Waals surface area contributed by atoms with Crippen molar-refractivity contribution in [2.24, 2.45) is 20.7 Å². The second-order valence-corrected chi connectivity index (χ2v) is 17.8. The fourth-order valence-electron chi connectivity index (χ4n) is 6.12. The van der Waals surface area contributed by atoms with Crippen molar-refractivity contribution >= 4 is 90.4 Å². The third-order valence-corrected chi connectivity index (χ3v) is 11.5. The number of hydrogen-bond acceptors (Lipinski definition) is 30. The van der Waals surface area contributed by atoms with E-state index in [2.05, 4.69) is 91.2 Å². The monoisotopic (exact) mass is 1110 g/mol. The van der Waals surface area contributed by atoms with Gasteiger partial charge < -0.3 is 19.4 Å². The predicted molar refractivity (Wildman–Crippen MR) is 270 cm³/mol. The van der Waals surface area contributed by atoms with Crippen molar-refractivity contribution in [3.05, 3.63) is 90.4 Å². The molecular formula is C44H44N20O16. The lowest BCUT2D eigenvalue weighted by Gasteiger charge is -2.16. The number of fused-ring (bicyclic) bond motifs is 4. The minimum atomic E-state index is -1.96. The van der Waals surface area contributed by atoms with E-state index in [0.29, 0.717) is 22.1 Å². The topological polar surface area (TPSA) is 509 Å². The van der Waals surface area contributed by atoms with Crippen LogP contribution in [0.5, 0.6) is 11.8 Å². The van der Waals surface area contributed by atoms with Crippen LogP contribution in [0.4, 0.5) is 0 Å². The van der Waals surface area contributed by atoms with E-state index in [1.54, 1.807) is 0 Å². The van der Waals surface area contributed by atoms with Crippen molar-refractivity contribution in [3.63, 3.8) is 0 Å². The SMILES string of the molecule is CC(=O)C(C)(N=O)C(=O)COc1ncnc2[nH]ncc12.CC(=O)C(C)(N=O)C(=O)Cn1ncc2c(=O)[nH]cnc21.CC(C)(N=O)C(=O)C(=O)COc1ncnc2[nH]ncc12.CC(C)(N=O)C(=O)C(=O)Cn1ncc2c(=O)[nH]cnc21. The van der Waals surface area contributed by atoms with Gasteiger partial charge in [-0.2, -0.15) is 20.4 Å². The van der Waals surface area contributed by atoms with Gasteiger partial charge in [0.25, 0.3) is 11.1 Å². The summed E-state index contributed by atoms with van der Waals surface area (Å²) in [5, 5.41) is 32.3. The highest BCUT2D eigenvalue weighted by Gasteiger charge is 2.42. The first-order valence-corrected chi connectivity index (χ1v) is 22.6. The summed E-state index contributed by atoms with van der Waals surface area (Å²) in [5.41, 5.74) is -6.63. The quantitative estimate of drug-likeness (QED) is 0.0406. The molecule has 8 aromatic rings. The molecule has 0 aliphatic heterocycles. The summed E-state index contributed by atoms with van der Waals surface area (Å²) in [6.07, 6.45) is 10.2. The van der Waals surface area contributed by atoms with E-state index in [4.69, 9.17) is 9.47 Å². The number of aromatic amines is 4. The molecule has 4 N–H and O–H groups in total. The number of nitroso groups, excluding NO2 is 4. The van der Waals surface area contributed by atoms with E-state index in [1.165, 1.54) is 77.8 Å². The Balaban J connectivity index is 0.000000196. The molecule has 8 heterocycles. The van der Waals surface area contributed by atoms with Crippen molar-refractivity contribution in [2.45, 2.75) is 90.6 Å². The van der Waals surface area contributed by atoms with E-state index < -0.39 is 99.3 Å². The Hall–Kier alpha value is -10.8. The van der Waals surface area contributed by atoms with Gasteiger partial charge in [0.05, 0.1) is 37.4 Å². The number of nitrogens with one attached hydrogen (secondary N) is 4. The summed E-state index contributed by atoms with van der Waals surface area (Å²) in [6.45, 7) is 7.76. The third-order valence-electron chi connectivity index (χ3n) is 11.5. The molecule has 0 aliphatic carbocycles. The molecule has 8 rings (SSSR count). The molecule has 2 unspecified atom stereocenters. The van der Waals surface area contributed by atoms with Crippen LogP contribution in [-0.2, 0) is 51.4 Å². The minimum Gasteiger partial charge on any atom is -0.469 e. The molecule has 416 valence electrons. The number of rotatable bonds is 22. The fourth-order valence-corrected chi connectivity index (χ4v) is 6.12. The highest BCUT2D eigenvalue weighted by Crippen LogP contribution is 2.22. The van der Waals surface area contributed by atoms with Gasteiger partial charge in [0.2, 0.25) is 51.8 Å². The lowest BCUT2D eigenvalue weighted by molar-refractivity contribution is -0.140. The van der Waals surface area contributed by atoms with Gasteiger partial charge in [-0.3, -0.25) is 58.1 Å². The fraction of sp³-hybridized carbons (Fsp3) is 0.364. The van der Waals surface area contributed by atoms with Gasteiger partial charge in [0.1, 0.15) is 47.3 Å². The predicted octanol–water partition coefficient (Wildman–Crippen LogP) is 0.435. The summed E-state index contributed by atoms with van der Waals surface area (Å²) >= 11 is 0. The van der Waals surface area contributed by atoms with E-state index in [0.717, 1.165) is 37.1 Å². The summed E-state index contributed by atoms with van der Waals surface area (Å²) in [4.78, 5) is 187. The van der Waals surface area contributed by atoms with E-state index >= 15 is 0 Å². The zero-order valence-electron chi connectivity index (χ0n) is 43.1. The normalized spacial score (nSPS) is 12.6. The maximum Gasteiger partial charge on any atom is 0.261 e. The van der Waals surface area contributed by atoms with Crippen LogP contribution in [0, 0.1) is 19.6 Å². The van der Waals surface area contributed by atoms with Crippen LogP contribution in [0.1, 0.15) is 55.4 Å². The Kier molecular flexibility index (Phi) is 18.7. The highest BCUT2D eigenvalue weighted by molar-refractivity contribution is 6.41. The average Bonchev–Trinajstić information content (AvgIpc) is 4.30. The summed E-state index contributed by atoms with van der Waals surface area (Å²) in [7, 11) is 0. The zero-order chi connectivity index (χ0) is 59.3. The van der Waals surface area contributed by atoms with Gasteiger partial charge in [0, 0.05) is 0 Å². The van der Waals surface area contributed by atoms with Gasteiger partial charge in [-0.25, -0.2) is 39.3 Å². The zero-order valence-corrected chi connectivity index (χ0v) is 43.1. The van der Waals surface area contributed by atoms with Crippen LogP contribution in [0.3, 0.4) is 0 Å². The Bertz CT molecular complexity index is 3870. The van der Waals surface area contributed by atoms with Crippen molar-refractivity contribution in [1.29, 1.82) is 0 Å². The second-order valence-electron chi connectivity index (χ2n) is 17.8. The molecule has 0 saturated heterocycles. The van der Waals surface area contributed by atoms with Gasteiger partial charge in [0.15, 0.2) is 64.2 Å². The van der Waals surface area contributed by atoms with Crippen LogP contribution in [0.15, 0.2) is 80.4 Å². The van der Waals surface area contributed by atoms with Gasteiger partial charge in [-0.05, 0) is 65.7 Å². The number of nitrogens with zero attached hydrogens (tertiary/aromatic N) is 16. The number of aromatic nitrogens is 16. The molecule has 0 aromatic carbocycles. The number of H-pyrrole nitrogens is 4. The second kappa shape index (κ2) is 24.9. The van der Waals surface area contributed by atoms with Crippen molar-refractivity contribution in [3.8, 4) is 11.8 Å². The molecule has 80 heavy (non-hydrogen) atoms. The number of Topliss-reactive ketones (excluding diaryl/α,β-unsaturated/α-hetero) is 8. The van der Waals surface area contributed by atoms with E-state index in [9.17, 15) is 67.6 Å². The molecule has 8 aromatic heterocycles. The van der Waals surface area contributed by atoms with E-state index in [-0.39, 0.29) is 40.4 Å². The Morgan fingerprint density at radius 1 is 0.512 bits per heavy atom. The van der Waals surface area contributed by atoms with Crippen molar-refractivity contribution in [2.75, 3.05) is 13.2 Å². The maximum atomic E-state index is 12.0. The Labute approximate surface area is 443 Å². The number of carbonyl (C=O) groups is 8. The van der Waals surface area contributed by atoms with Gasteiger partial charge in [-0.15, -0.1) is 19.6 Å². The van der Waals surface area contributed by atoms with Crippen LogP contribution in [0.2, 0.25) is 0 Å². The molecule has 0 bridgehead atoms. The van der Waals surface area contributed by atoms with Crippen molar-refractivity contribution < 1.29 is 47.8 Å². The smallest absolute Gasteiger partial charge is 0.261 e. The summed E-state index contributed by atoms with van der Waals surface area (Å²) < 4.78 is 12.7. The number of ether oxygens (including phenoxy) is 2. The molecular weight excluding hydrogens is 1060 g/mol. The molecule has 36 heteroatoms. The molecule has 0 aliphatic rings. The van der Waals surface area contributed by atoms with Crippen LogP contribution in [-0.4, -0.2) is 161 Å². The van der Waals surface area contributed by atoms with Crippen LogP contribution in [0.25, 0.3) is 44.1 Å². The first kappa shape index (κ1) is 60.0. The first-order valence-electron chi connectivity index (χ1n) is 22.6. The van der Waals surface area contributed by atoms with Crippen LogP contribution >= 0.6 is 0 Å². The lowest BCUT2D eigenvalue weighted by atomic mass is 9.93. The number of carbonyl (C=O) groups excluding carboxylic acids is 8. The van der Waals surface area contributed by atoms with E-state index in [1.807, 2.05) is 0 Å². The Morgan fingerprint density at radius 3 is 1.35 bits per heavy atom. The molecule has 0 spiro atoms. The van der Waals surface area contributed by atoms with Gasteiger partial charge >= 0.3 is 0 Å². The third kappa shape index (κ3) is 13.2. The number of ketones is 8. The van der Waals surface area contributed by atoms with Crippen LogP contribution < -0.4 is 20.6 Å².